The van der Waals surface area contributed by atoms with Gasteiger partial charge in [0.05, 0.1) is 39.4 Å². The van der Waals surface area contributed by atoms with Crippen molar-refractivity contribution in [2.45, 2.75) is 24.3 Å². The standard InChI is InChI=1S/C23H19Cl2N5O5S2/c1-35-20(31)14-30-21-18(25)12-16(24)13-19(21)36-23(30)28-22(32)15-4-6-17(7-5-15)37(33,34)29(10-2-8-26)11-3-9-27/h4-7,12-13H,2-3,10-11,14H2,1H3. The van der Waals surface area contributed by atoms with Crippen molar-refractivity contribution in [3.05, 3.63) is 56.8 Å². The number of methoxy groups -OCH3 is 1. The molecule has 0 N–H and O–H groups in total. The third-order valence-electron chi connectivity index (χ3n) is 5.09. The van der Waals surface area contributed by atoms with E-state index in [0.717, 1.165) is 15.6 Å². The summed E-state index contributed by atoms with van der Waals surface area (Å²) < 4.78 is 33.8. The summed E-state index contributed by atoms with van der Waals surface area (Å²) in [4.78, 5) is 29.2. The predicted molar refractivity (Wildman–Crippen MR) is 137 cm³/mol. The summed E-state index contributed by atoms with van der Waals surface area (Å²) in [6.07, 6.45) is -0.0633. The largest absolute Gasteiger partial charge is 0.468 e. The summed E-state index contributed by atoms with van der Waals surface area (Å²) in [6, 6.07) is 12.1. The van der Waals surface area contributed by atoms with E-state index in [-0.39, 0.29) is 52.8 Å². The number of hydrogen-bond donors (Lipinski definition) is 0. The molecule has 0 bridgehead atoms. The lowest BCUT2D eigenvalue weighted by Gasteiger charge is -2.20. The highest BCUT2D eigenvalue weighted by Crippen LogP contribution is 2.30. The number of halogens is 2. The van der Waals surface area contributed by atoms with Crippen molar-refractivity contribution in [3.63, 3.8) is 0 Å². The maximum Gasteiger partial charge on any atom is 0.325 e. The molecule has 10 nitrogen and oxygen atoms in total. The van der Waals surface area contributed by atoms with Crippen molar-refractivity contribution in [2.24, 2.45) is 4.99 Å². The Balaban J connectivity index is 1.99. The van der Waals surface area contributed by atoms with Gasteiger partial charge in [0.1, 0.15) is 6.54 Å². The Bertz CT molecular complexity index is 1580. The second-order valence-electron chi connectivity index (χ2n) is 7.44. The first-order valence-electron chi connectivity index (χ1n) is 10.6. The van der Waals surface area contributed by atoms with Crippen LogP contribution in [0, 0.1) is 22.7 Å². The molecule has 0 saturated carbocycles. The molecule has 0 aliphatic carbocycles. The molecule has 0 radical (unpaired) electrons. The number of rotatable bonds is 9. The van der Waals surface area contributed by atoms with Gasteiger partial charge in [-0.3, -0.25) is 9.59 Å². The van der Waals surface area contributed by atoms with Gasteiger partial charge in [0.25, 0.3) is 5.91 Å². The maximum absolute atomic E-state index is 13.0. The predicted octanol–water partition coefficient (Wildman–Crippen LogP) is 3.74. The van der Waals surface area contributed by atoms with Crippen LogP contribution < -0.4 is 4.80 Å². The van der Waals surface area contributed by atoms with Gasteiger partial charge < -0.3 is 9.30 Å². The van der Waals surface area contributed by atoms with Gasteiger partial charge in [0, 0.05) is 36.5 Å². The van der Waals surface area contributed by atoms with Crippen LogP contribution in [0.1, 0.15) is 23.2 Å². The molecule has 0 fully saturated rings. The van der Waals surface area contributed by atoms with E-state index in [0.29, 0.717) is 15.2 Å². The van der Waals surface area contributed by atoms with Crippen molar-refractivity contribution >= 4 is 66.7 Å². The SMILES string of the molecule is COC(=O)Cn1c(=NC(=O)c2ccc(S(=O)(=O)N(CCC#N)CCC#N)cc2)sc2cc(Cl)cc(Cl)c21. The van der Waals surface area contributed by atoms with E-state index in [1.807, 2.05) is 12.1 Å². The Morgan fingerprint density at radius 2 is 1.73 bits per heavy atom. The second-order valence-corrected chi connectivity index (χ2v) is 11.2. The molecule has 0 spiro atoms. The van der Waals surface area contributed by atoms with E-state index in [4.69, 9.17) is 38.5 Å². The number of nitriles is 2. The molecule has 37 heavy (non-hydrogen) atoms. The van der Waals surface area contributed by atoms with E-state index in [1.54, 1.807) is 6.07 Å². The fraction of sp³-hybridized carbons (Fsp3) is 0.261. The fourth-order valence-corrected chi connectivity index (χ4v) is 6.58. The van der Waals surface area contributed by atoms with Gasteiger partial charge in [-0.1, -0.05) is 34.5 Å². The van der Waals surface area contributed by atoms with Crippen molar-refractivity contribution < 1.29 is 22.7 Å². The molecule has 14 heteroatoms. The molecule has 3 aromatic rings. The highest BCUT2D eigenvalue weighted by atomic mass is 35.5. The van der Waals surface area contributed by atoms with Crippen LogP contribution in [-0.4, -0.2) is 49.4 Å². The summed E-state index contributed by atoms with van der Waals surface area (Å²) in [6.45, 7) is -0.368. The van der Waals surface area contributed by atoms with E-state index >= 15 is 0 Å². The third kappa shape index (κ3) is 6.55. The number of hydrogen-bond acceptors (Lipinski definition) is 8. The Labute approximate surface area is 226 Å². The number of benzene rings is 2. The summed E-state index contributed by atoms with van der Waals surface area (Å²) in [5.74, 6) is -1.26. The number of thiazole rings is 1. The highest BCUT2D eigenvalue weighted by Gasteiger charge is 2.24. The fourth-order valence-electron chi connectivity index (χ4n) is 3.33. The number of fused-ring (bicyclic) bond motifs is 1. The van der Waals surface area contributed by atoms with Crippen LogP contribution in [0.15, 0.2) is 46.3 Å². The lowest BCUT2D eigenvalue weighted by atomic mass is 10.2. The number of esters is 1. The number of amides is 1. The molecule has 0 atom stereocenters. The van der Waals surface area contributed by atoms with E-state index in [9.17, 15) is 18.0 Å². The van der Waals surface area contributed by atoms with Crippen LogP contribution in [0.5, 0.6) is 0 Å². The summed E-state index contributed by atoms with van der Waals surface area (Å²) in [5.41, 5.74) is 0.565. The summed E-state index contributed by atoms with van der Waals surface area (Å²) >= 11 is 13.5. The van der Waals surface area contributed by atoms with Crippen LogP contribution in [0.2, 0.25) is 10.0 Å². The molecule has 2 aromatic carbocycles. The zero-order chi connectivity index (χ0) is 27.2. The minimum atomic E-state index is -3.99. The minimum Gasteiger partial charge on any atom is -0.468 e. The molecule has 1 aromatic heterocycles. The molecule has 192 valence electrons. The smallest absolute Gasteiger partial charge is 0.325 e. The van der Waals surface area contributed by atoms with Crippen molar-refractivity contribution in [2.75, 3.05) is 20.2 Å². The van der Waals surface area contributed by atoms with E-state index in [1.165, 1.54) is 42.0 Å². The average Bonchev–Trinajstić information content (AvgIpc) is 3.20. The first kappa shape index (κ1) is 28.3. The molecule has 1 amide bonds. The molecule has 0 unspecified atom stereocenters. The number of aromatic nitrogens is 1. The number of sulfonamides is 1. The Kier molecular flexibility index (Phi) is 9.43. The zero-order valence-corrected chi connectivity index (χ0v) is 22.5. The lowest BCUT2D eigenvalue weighted by Crippen LogP contribution is -2.32. The quantitative estimate of drug-likeness (QED) is 0.351. The van der Waals surface area contributed by atoms with Crippen molar-refractivity contribution in [1.82, 2.24) is 8.87 Å². The van der Waals surface area contributed by atoms with Gasteiger partial charge in [-0.05, 0) is 36.4 Å². The average molecular weight is 580 g/mol. The number of ether oxygens (including phenoxy) is 1. The topological polar surface area (TPSA) is 146 Å². The summed E-state index contributed by atoms with van der Waals surface area (Å²) in [7, 11) is -2.76. The van der Waals surface area contributed by atoms with Crippen LogP contribution in [0.25, 0.3) is 10.2 Å². The Morgan fingerprint density at radius 1 is 1.11 bits per heavy atom. The monoisotopic (exact) mass is 579 g/mol. The van der Waals surface area contributed by atoms with E-state index in [2.05, 4.69) is 4.99 Å². The molecule has 0 aliphatic heterocycles. The van der Waals surface area contributed by atoms with Gasteiger partial charge in [0.15, 0.2) is 4.80 Å². The normalized spacial score (nSPS) is 11.9. The van der Waals surface area contributed by atoms with Crippen LogP contribution in [0.3, 0.4) is 0 Å². The molecule has 0 aliphatic rings. The Hall–Kier alpha value is -3.26. The van der Waals surface area contributed by atoms with Gasteiger partial charge in [0.2, 0.25) is 10.0 Å². The first-order valence-corrected chi connectivity index (χ1v) is 13.6. The van der Waals surface area contributed by atoms with Gasteiger partial charge in [-0.25, -0.2) is 8.42 Å². The molecular formula is C23H19Cl2N5O5S2. The number of carbonyl (C=O) groups excluding carboxylic acids is 2. The maximum atomic E-state index is 13.0. The molecule has 1 heterocycles. The molecular weight excluding hydrogens is 561 g/mol. The first-order chi connectivity index (χ1) is 17.6. The van der Waals surface area contributed by atoms with Crippen LogP contribution in [-0.2, 0) is 26.1 Å². The van der Waals surface area contributed by atoms with Gasteiger partial charge >= 0.3 is 5.97 Å². The van der Waals surface area contributed by atoms with E-state index < -0.39 is 21.9 Å². The van der Waals surface area contributed by atoms with Crippen LogP contribution >= 0.6 is 34.5 Å². The Morgan fingerprint density at radius 3 is 2.30 bits per heavy atom. The number of carbonyl (C=O) groups is 2. The number of nitrogens with zero attached hydrogens (tertiary/aromatic N) is 5. The molecule has 3 rings (SSSR count). The van der Waals surface area contributed by atoms with Crippen molar-refractivity contribution in [1.29, 1.82) is 10.5 Å². The summed E-state index contributed by atoms with van der Waals surface area (Å²) in [5, 5.41) is 18.3. The zero-order valence-electron chi connectivity index (χ0n) is 19.3. The third-order valence-corrected chi connectivity index (χ3v) is 8.54. The van der Waals surface area contributed by atoms with Gasteiger partial charge in [-0.2, -0.15) is 19.8 Å². The lowest BCUT2D eigenvalue weighted by molar-refractivity contribution is -0.141. The second kappa shape index (κ2) is 12.3. The van der Waals surface area contributed by atoms with Crippen molar-refractivity contribution in [3.8, 4) is 12.1 Å². The minimum absolute atomic E-state index is 0.0317. The molecule has 0 saturated heterocycles. The van der Waals surface area contributed by atoms with Gasteiger partial charge in [-0.15, -0.1) is 0 Å². The highest BCUT2D eigenvalue weighted by molar-refractivity contribution is 7.89. The van der Waals surface area contributed by atoms with Crippen LogP contribution in [0.4, 0.5) is 0 Å².